The van der Waals surface area contributed by atoms with Crippen LogP contribution in [0.4, 0.5) is 0 Å². The normalized spacial score (nSPS) is 42.2. The van der Waals surface area contributed by atoms with Crippen LogP contribution in [0.15, 0.2) is 23.0 Å². The molecule has 4 fully saturated rings. The lowest BCUT2D eigenvalue weighted by Crippen LogP contribution is -2.58. The number of aliphatic hydroxyl groups is 2. The molecule has 1 aromatic heterocycles. The largest absolute Gasteiger partial charge is 0.393 e. The van der Waals surface area contributed by atoms with E-state index in [0.29, 0.717) is 51.4 Å². The van der Waals surface area contributed by atoms with Gasteiger partial charge >= 0.3 is 0 Å². The molecule has 0 bridgehead atoms. The van der Waals surface area contributed by atoms with Gasteiger partial charge < -0.3 is 15.2 Å². The average molecular weight is 527 g/mol. The Bertz CT molecular complexity index is 1230. The molecule has 202 valence electrons. The number of aryl methyl sites for hydroxylation is 1. The zero-order chi connectivity index (χ0) is 26.1. The van der Waals surface area contributed by atoms with E-state index in [0.717, 1.165) is 44.3 Å². The Balaban J connectivity index is 1.18. The molecule has 4 saturated carbocycles. The molecule has 6 rings (SSSR count). The summed E-state index contributed by atoms with van der Waals surface area (Å²) in [6, 6.07) is 5.30. The first kappa shape index (κ1) is 25.8. The quantitative estimate of drug-likeness (QED) is 0.447. The minimum atomic E-state index is -0.229. The van der Waals surface area contributed by atoms with E-state index in [2.05, 4.69) is 25.8 Å². The first-order chi connectivity index (χ1) is 17.6. The van der Waals surface area contributed by atoms with E-state index in [9.17, 15) is 15.0 Å². The van der Waals surface area contributed by atoms with Crippen LogP contribution in [-0.2, 0) is 6.42 Å². The van der Waals surface area contributed by atoms with Crippen LogP contribution in [0.25, 0.3) is 10.9 Å². The number of aromatic amines is 1. The third-order valence-corrected chi connectivity index (χ3v) is 12.2. The van der Waals surface area contributed by atoms with Crippen LogP contribution in [0.5, 0.6) is 0 Å². The molecule has 0 saturated heterocycles. The molecular weight excluding hydrogens is 484 g/mol. The first-order valence-corrected chi connectivity index (χ1v) is 15.0. The predicted octanol–water partition coefficient (Wildman–Crippen LogP) is 6.14. The van der Waals surface area contributed by atoms with Crippen LogP contribution in [0.3, 0.4) is 0 Å². The van der Waals surface area contributed by atoms with Gasteiger partial charge in [-0.2, -0.15) is 0 Å². The maximum Gasteiger partial charge on any atom is 0.258 e. The molecule has 37 heavy (non-hydrogen) atoms. The van der Waals surface area contributed by atoms with Crippen molar-refractivity contribution in [1.29, 1.82) is 0 Å². The second kappa shape index (κ2) is 9.34. The van der Waals surface area contributed by atoms with E-state index < -0.39 is 0 Å². The molecule has 2 aromatic rings. The Morgan fingerprint density at radius 3 is 2.65 bits per heavy atom. The van der Waals surface area contributed by atoms with Crippen molar-refractivity contribution in [2.45, 2.75) is 97.2 Å². The number of aliphatic hydroxyl groups excluding tert-OH is 2. The zero-order valence-corrected chi connectivity index (χ0v) is 23.3. The van der Waals surface area contributed by atoms with Crippen molar-refractivity contribution in [3.05, 3.63) is 39.4 Å². The van der Waals surface area contributed by atoms with Gasteiger partial charge in [-0.15, -0.1) is 0 Å². The van der Waals surface area contributed by atoms with Crippen molar-refractivity contribution in [3.8, 4) is 0 Å². The topological polar surface area (TPSA) is 86.2 Å². The standard InChI is InChI=1S/C31H43ClN2O3/c1-17(4-9-27-33-25-8-5-19(32)16-21(25)29(37)34-27)22-6-7-23-28-24(11-13-31(22,23)3)30(2)12-10-20(35)14-18(30)15-26(28)36/h5,8,16-18,20,22-24,26,28,35-36H,4,6-7,9-15H2,1-3H3,(H,33,34,37)/t17-,18+,20-,22-,23+,24?,26-,28+,30+,31-/m1/s1. The molecule has 1 aromatic carbocycles. The lowest BCUT2D eigenvalue weighted by Gasteiger charge is -2.62. The fourth-order valence-corrected chi connectivity index (χ4v) is 10.2. The van der Waals surface area contributed by atoms with Crippen molar-refractivity contribution in [2.75, 3.05) is 0 Å². The number of hydrogen-bond donors (Lipinski definition) is 3. The highest BCUT2D eigenvalue weighted by Crippen LogP contribution is 2.68. The number of rotatable bonds is 4. The maximum absolute atomic E-state index is 12.6. The van der Waals surface area contributed by atoms with Crippen LogP contribution in [0, 0.1) is 46.3 Å². The van der Waals surface area contributed by atoms with E-state index in [1.54, 1.807) is 12.1 Å². The van der Waals surface area contributed by atoms with Crippen LogP contribution >= 0.6 is 11.6 Å². The number of benzene rings is 1. The van der Waals surface area contributed by atoms with Crippen LogP contribution in [0.1, 0.15) is 84.4 Å². The van der Waals surface area contributed by atoms with E-state index >= 15 is 0 Å². The number of halogens is 1. The van der Waals surface area contributed by atoms with Crippen LogP contribution < -0.4 is 5.56 Å². The number of hydrogen-bond acceptors (Lipinski definition) is 4. The molecule has 1 heterocycles. The summed E-state index contributed by atoms with van der Waals surface area (Å²) in [5, 5.41) is 22.9. The average Bonchev–Trinajstić information content (AvgIpc) is 3.21. The molecule has 0 aliphatic heterocycles. The van der Waals surface area contributed by atoms with Crippen molar-refractivity contribution in [1.82, 2.24) is 9.97 Å². The number of nitrogens with one attached hydrogen (secondary N) is 1. The number of nitrogens with zero attached hydrogens (tertiary/aromatic N) is 1. The van der Waals surface area contributed by atoms with Gasteiger partial charge in [0.25, 0.3) is 5.56 Å². The molecule has 0 spiro atoms. The minimum absolute atomic E-state index is 0.116. The Morgan fingerprint density at radius 1 is 1.08 bits per heavy atom. The van der Waals surface area contributed by atoms with Gasteiger partial charge in [-0.1, -0.05) is 32.4 Å². The Labute approximate surface area is 225 Å². The smallest absolute Gasteiger partial charge is 0.258 e. The highest BCUT2D eigenvalue weighted by atomic mass is 35.5. The van der Waals surface area contributed by atoms with Gasteiger partial charge in [-0.3, -0.25) is 4.79 Å². The van der Waals surface area contributed by atoms with Crippen LogP contribution in [-0.4, -0.2) is 32.4 Å². The summed E-state index contributed by atoms with van der Waals surface area (Å²) in [7, 11) is 0. The first-order valence-electron chi connectivity index (χ1n) is 14.6. The summed E-state index contributed by atoms with van der Waals surface area (Å²) in [4.78, 5) is 20.3. The van der Waals surface area contributed by atoms with Gasteiger partial charge in [-0.25, -0.2) is 4.98 Å². The van der Waals surface area contributed by atoms with Crippen molar-refractivity contribution in [2.24, 2.45) is 46.3 Å². The van der Waals surface area contributed by atoms with Gasteiger partial charge in [0.05, 0.1) is 23.1 Å². The second-order valence-electron chi connectivity index (χ2n) is 13.6. The SMILES string of the molecule is C[C@H](CCc1nc2ccc(Cl)cc2c(=O)[nH]1)[C@H]1CC[C@H]2[C@H]3C(CC[C@]12C)[C@@]1(C)CC[C@@H](O)C[C@H]1C[C@H]3O. The van der Waals surface area contributed by atoms with Gasteiger partial charge in [0.2, 0.25) is 0 Å². The third-order valence-electron chi connectivity index (χ3n) is 12.0. The summed E-state index contributed by atoms with van der Waals surface area (Å²) in [5.41, 5.74) is 1.12. The summed E-state index contributed by atoms with van der Waals surface area (Å²) in [6.07, 6.45) is 10.0. The van der Waals surface area contributed by atoms with E-state index in [-0.39, 0.29) is 28.6 Å². The van der Waals surface area contributed by atoms with E-state index in [1.807, 2.05) is 6.07 Å². The van der Waals surface area contributed by atoms with Gasteiger partial charge in [0, 0.05) is 11.4 Å². The number of aromatic nitrogens is 2. The lowest BCUT2D eigenvalue weighted by atomic mass is 9.43. The summed E-state index contributed by atoms with van der Waals surface area (Å²) >= 11 is 6.07. The molecule has 10 atom stereocenters. The van der Waals surface area contributed by atoms with Gasteiger partial charge in [0.15, 0.2) is 0 Å². The highest BCUT2D eigenvalue weighted by Gasteiger charge is 2.62. The molecule has 4 aliphatic carbocycles. The molecule has 5 nitrogen and oxygen atoms in total. The molecular formula is C31H43ClN2O3. The molecule has 0 radical (unpaired) electrons. The highest BCUT2D eigenvalue weighted by molar-refractivity contribution is 6.31. The Morgan fingerprint density at radius 2 is 1.84 bits per heavy atom. The molecule has 0 amide bonds. The van der Waals surface area contributed by atoms with Gasteiger partial charge in [0.1, 0.15) is 5.82 Å². The number of H-pyrrole nitrogens is 1. The van der Waals surface area contributed by atoms with Crippen molar-refractivity contribution < 1.29 is 10.2 Å². The van der Waals surface area contributed by atoms with Crippen molar-refractivity contribution in [3.63, 3.8) is 0 Å². The second-order valence-corrected chi connectivity index (χ2v) is 14.1. The molecule has 3 N–H and O–H groups in total. The zero-order valence-electron chi connectivity index (χ0n) is 22.5. The molecule has 6 heteroatoms. The maximum atomic E-state index is 12.6. The van der Waals surface area contributed by atoms with E-state index in [4.69, 9.17) is 16.6 Å². The molecule has 1 unspecified atom stereocenters. The molecule has 4 aliphatic rings. The lowest BCUT2D eigenvalue weighted by molar-refractivity contribution is -0.174. The van der Waals surface area contributed by atoms with Crippen molar-refractivity contribution >= 4 is 22.5 Å². The predicted molar refractivity (Wildman–Crippen MR) is 147 cm³/mol. The summed E-state index contributed by atoms with van der Waals surface area (Å²) < 4.78 is 0. The van der Waals surface area contributed by atoms with E-state index in [1.165, 1.54) is 25.7 Å². The third kappa shape index (κ3) is 4.19. The summed E-state index contributed by atoms with van der Waals surface area (Å²) in [5.74, 6) is 3.96. The Hall–Kier alpha value is -1.43. The fraction of sp³-hybridized carbons (Fsp3) is 0.742. The van der Waals surface area contributed by atoms with Crippen LogP contribution in [0.2, 0.25) is 5.02 Å². The Kier molecular flexibility index (Phi) is 6.52. The summed E-state index contributed by atoms with van der Waals surface area (Å²) in [6.45, 7) is 7.39. The monoisotopic (exact) mass is 526 g/mol. The fourth-order valence-electron chi connectivity index (χ4n) is 10.0. The number of fused-ring (bicyclic) bond motifs is 6. The minimum Gasteiger partial charge on any atom is -0.393 e. The van der Waals surface area contributed by atoms with Gasteiger partial charge in [-0.05, 0) is 122 Å².